The van der Waals surface area contributed by atoms with E-state index in [1.807, 2.05) is 6.92 Å². The van der Waals surface area contributed by atoms with Crippen LogP contribution in [0.3, 0.4) is 0 Å². The lowest BCUT2D eigenvalue weighted by molar-refractivity contribution is -0.117. The number of nitrogens with one attached hydrogen (secondary N) is 1. The van der Waals surface area contributed by atoms with Crippen LogP contribution in [-0.4, -0.2) is 5.91 Å². The zero-order valence-electron chi connectivity index (χ0n) is 9.72. The third-order valence-corrected chi connectivity index (χ3v) is 3.02. The van der Waals surface area contributed by atoms with Crippen LogP contribution >= 0.6 is 0 Å². The zero-order chi connectivity index (χ0) is 11.1. The summed E-state index contributed by atoms with van der Waals surface area (Å²) in [5.74, 6) is 0.695. The molecule has 1 aliphatic carbocycles. The first-order valence-electron chi connectivity index (χ1n) is 6.04. The van der Waals surface area contributed by atoms with Crippen molar-refractivity contribution in [1.29, 1.82) is 0 Å². The second kappa shape index (κ2) is 6.65. The summed E-state index contributed by atoms with van der Waals surface area (Å²) in [4.78, 5) is 11.5. The quantitative estimate of drug-likeness (QED) is 0.691. The molecule has 15 heavy (non-hydrogen) atoms. The predicted octanol–water partition coefficient (Wildman–Crippen LogP) is 3.20. The third-order valence-electron chi connectivity index (χ3n) is 3.02. The van der Waals surface area contributed by atoms with Gasteiger partial charge in [-0.25, -0.2) is 0 Å². The van der Waals surface area contributed by atoms with Gasteiger partial charge in [0.2, 0.25) is 5.91 Å². The Labute approximate surface area is 93.1 Å². The highest BCUT2D eigenvalue weighted by Crippen LogP contribution is 2.28. The van der Waals surface area contributed by atoms with E-state index in [1.54, 1.807) is 6.54 Å². The van der Waals surface area contributed by atoms with E-state index in [0.717, 1.165) is 18.4 Å². The minimum absolute atomic E-state index is 0.00224. The van der Waals surface area contributed by atoms with Crippen molar-refractivity contribution in [1.82, 2.24) is 5.32 Å². The number of amides is 1. The fraction of sp³-hybridized carbons (Fsp3) is 0.692. The Hall–Kier alpha value is -0.790. The normalized spacial score (nSPS) is 17.4. The molecule has 1 N–H and O–H groups in total. The maximum absolute atomic E-state index is 11.5. The molecule has 0 saturated heterocycles. The van der Waals surface area contributed by atoms with E-state index in [9.17, 15) is 4.79 Å². The number of carbonyl (C=O) groups excluding carboxylic acids is 1. The molecule has 1 radical (unpaired) electrons. The van der Waals surface area contributed by atoms with E-state index >= 15 is 0 Å². The smallest absolute Gasteiger partial charge is 0.246 e. The van der Waals surface area contributed by atoms with E-state index in [1.165, 1.54) is 32.1 Å². The maximum Gasteiger partial charge on any atom is 0.246 e. The maximum atomic E-state index is 11.5. The zero-order valence-corrected chi connectivity index (χ0v) is 9.72. The van der Waals surface area contributed by atoms with Crippen molar-refractivity contribution >= 4 is 5.91 Å². The molecule has 1 saturated carbocycles. The van der Waals surface area contributed by atoms with Crippen LogP contribution < -0.4 is 5.32 Å². The second-order valence-electron chi connectivity index (χ2n) is 4.40. The Morgan fingerprint density at radius 3 is 2.67 bits per heavy atom. The van der Waals surface area contributed by atoms with Gasteiger partial charge in [0.15, 0.2) is 0 Å². The van der Waals surface area contributed by atoms with Crippen molar-refractivity contribution in [3.63, 3.8) is 0 Å². The monoisotopic (exact) mass is 208 g/mol. The Balaban J connectivity index is 2.24. The van der Waals surface area contributed by atoms with Gasteiger partial charge in [-0.05, 0) is 18.8 Å². The van der Waals surface area contributed by atoms with Crippen LogP contribution in [0.4, 0.5) is 0 Å². The van der Waals surface area contributed by atoms with E-state index in [-0.39, 0.29) is 5.91 Å². The molecule has 2 heteroatoms. The minimum Gasteiger partial charge on any atom is -0.348 e. The lowest BCUT2D eigenvalue weighted by Crippen LogP contribution is -2.23. The van der Waals surface area contributed by atoms with E-state index in [2.05, 4.69) is 11.9 Å². The molecule has 0 aliphatic heterocycles. The van der Waals surface area contributed by atoms with Gasteiger partial charge in [0.25, 0.3) is 0 Å². The molecule has 85 valence electrons. The van der Waals surface area contributed by atoms with Gasteiger partial charge in [-0.3, -0.25) is 4.79 Å². The summed E-state index contributed by atoms with van der Waals surface area (Å²) in [5.41, 5.74) is 0.742. The molecule has 0 aromatic carbocycles. The first-order chi connectivity index (χ1) is 7.24. The molecule has 0 bridgehead atoms. The second-order valence-corrected chi connectivity index (χ2v) is 4.40. The Morgan fingerprint density at radius 1 is 1.40 bits per heavy atom. The van der Waals surface area contributed by atoms with Crippen LogP contribution in [-0.2, 0) is 4.79 Å². The van der Waals surface area contributed by atoms with Crippen LogP contribution in [0.1, 0.15) is 51.9 Å². The van der Waals surface area contributed by atoms with Crippen LogP contribution in [0.25, 0.3) is 0 Å². The largest absolute Gasteiger partial charge is 0.348 e. The Morgan fingerprint density at radius 2 is 2.07 bits per heavy atom. The Kier molecular flexibility index (Phi) is 5.44. The van der Waals surface area contributed by atoms with Crippen LogP contribution in [0, 0.1) is 12.5 Å². The summed E-state index contributed by atoms with van der Waals surface area (Å²) in [6.45, 7) is 7.66. The number of hydrogen-bond donors (Lipinski definition) is 1. The third kappa shape index (κ3) is 4.50. The minimum atomic E-state index is 0.00224. The molecule has 0 aromatic rings. The van der Waals surface area contributed by atoms with Crippen molar-refractivity contribution in [3.05, 3.63) is 18.7 Å². The summed E-state index contributed by atoms with van der Waals surface area (Å²) in [6, 6.07) is 0. The van der Waals surface area contributed by atoms with E-state index in [0.29, 0.717) is 5.92 Å². The molecular formula is C13H22NO. The van der Waals surface area contributed by atoms with Crippen molar-refractivity contribution < 1.29 is 4.79 Å². The molecule has 1 amide bonds. The van der Waals surface area contributed by atoms with Crippen molar-refractivity contribution in [2.75, 3.05) is 0 Å². The molecule has 1 rings (SSSR count). The van der Waals surface area contributed by atoms with Crippen LogP contribution in [0.5, 0.6) is 0 Å². The number of hydrogen-bond acceptors (Lipinski definition) is 1. The number of carbonyl (C=O) groups is 1. The van der Waals surface area contributed by atoms with Crippen molar-refractivity contribution in [3.8, 4) is 0 Å². The van der Waals surface area contributed by atoms with Gasteiger partial charge in [0.05, 0.1) is 0 Å². The molecule has 0 heterocycles. The highest BCUT2D eigenvalue weighted by atomic mass is 16.1. The standard InChI is InChI=1S/C13H22NO/c1-3-9-14-13(15)11(2)10-12-7-5-4-6-8-12/h9,12H,2-8,10H2,1H3,(H,14,15). The molecule has 0 aromatic heterocycles. The molecule has 1 aliphatic rings. The van der Waals surface area contributed by atoms with Gasteiger partial charge < -0.3 is 5.32 Å². The van der Waals surface area contributed by atoms with Gasteiger partial charge >= 0.3 is 0 Å². The topological polar surface area (TPSA) is 29.1 Å². The molecular weight excluding hydrogens is 186 g/mol. The predicted molar refractivity (Wildman–Crippen MR) is 63.1 cm³/mol. The molecule has 1 fully saturated rings. The van der Waals surface area contributed by atoms with E-state index in [4.69, 9.17) is 0 Å². The summed E-state index contributed by atoms with van der Waals surface area (Å²) in [6.07, 6.45) is 8.28. The van der Waals surface area contributed by atoms with Gasteiger partial charge in [0.1, 0.15) is 0 Å². The fourth-order valence-corrected chi connectivity index (χ4v) is 2.13. The first-order valence-corrected chi connectivity index (χ1v) is 6.04. The summed E-state index contributed by atoms with van der Waals surface area (Å²) >= 11 is 0. The fourth-order valence-electron chi connectivity index (χ4n) is 2.13. The van der Waals surface area contributed by atoms with Gasteiger partial charge in [-0.1, -0.05) is 45.6 Å². The van der Waals surface area contributed by atoms with Crippen LogP contribution in [0.15, 0.2) is 12.2 Å². The van der Waals surface area contributed by atoms with Crippen LogP contribution in [0.2, 0.25) is 0 Å². The van der Waals surface area contributed by atoms with Crippen molar-refractivity contribution in [2.45, 2.75) is 51.9 Å². The van der Waals surface area contributed by atoms with Gasteiger partial charge in [0, 0.05) is 12.1 Å². The van der Waals surface area contributed by atoms with Gasteiger partial charge in [-0.15, -0.1) is 0 Å². The molecule has 0 unspecified atom stereocenters. The Bertz CT molecular complexity index is 217. The number of rotatable bonds is 5. The molecule has 2 nitrogen and oxygen atoms in total. The highest BCUT2D eigenvalue weighted by molar-refractivity contribution is 5.93. The SMILES string of the molecule is C=C(CC1CCCCC1)C(=O)N[CH]CC. The average molecular weight is 208 g/mol. The molecule has 0 atom stereocenters. The molecule has 0 spiro atoms. The lowest BCUT2D eigenvalue weighted by Gasteiger charge is -2.21. The highest BCUT2D eigenvalue weighted by Gasteiger charge is 2.17. The average Bonchev–Trinajstić information content (AvgIpc) is 2.27. The first kappa shape index (κ1) is 12.3. The van der Waals surface area contributed by atoms with Gasteiger partial charge in [-0.2, -0.15) is 0 Å². The summed E-state index contributed by atoms with van der Waals surface area (Å²) < 4.78 is 0. The van der Waals surface area contributed by atoms with Crippen molar-refractivity contribution in [2.24, 2.45) is 5.92 Å². The van der Waals surface area contributed by atoms with E-state index < -0.39 is 0 Å². The summed E-state index contributed by atoms with van der Waals surface area (Å²) in [5, 5.41) is 2.76. The lowest BCUT2D eigenvalue weighted by atomic mass is 9.85. The summed E-state index contributed by atoms with van der Waals surface area (Å²) in [7, 11) is 0.